The van der Waals surface area contributed by atoms with E-state index in [1.54, 1.807) is 24.4 Å². The average Bonchev–Trinajstić information content (AvgIpc) is 2.49. The van der Waals surface area contributed by atoms with Crippen LogP contribution in [0.3, 0.4) is 0 Å². The molecule has 0 spiro atoms. The van der Waals surface area contributed by atoms with E-state index in [0.29, 0.717) is 35.3 Å². The number of benzene rings is 1. The summed E-state index contributed by atoms with van der Waals surface area (Å²) in [4.78, 5) is 6.10. The number of nitrogens with zero attached hydrogens (tertiary/aromatic N) is 3. The van der Waals surface area contributed by atoms with Gasteiger partial charge in [-0.1, -0.05) is 23.7 Å². The van der Waals surface area contributed by atoms with E-state index in [9.17, 15) is 0 Å². The van der Waals surface area contributed by atoms with Gasteiger partial charge < -0.3 is 9.64 Å². The summed E-state index contributed by atoms with van der Waals surface area (Å²) in [7, 11) is 1.87. The van der Waals surface area contributed by atoms with Crippen LogP contribution < -0.4 is 9.64 Å². The highest BCUT2D eigenvalue weighted by Crippen LogP contribution is 2.23. The zero-order valence-electron chi connectivity index (χ0n) is 11.1. The Morgan fingerprint density at radius 1 is 1.30 bits per heavy atom. The molecule has 0 bridgehead atoms. The molecule has 0 aliphatic heterocycles. The average molecular weight is 288 g/mol. The van der Waals surface area contributed by atoms with Gasteiger partial charge in [-0.25, -0.2) is 4.98 Å². The topological polar surface area (TPSA) is 49.1 Å². The normalized spacial score (nSPS) is 9.85. The van der Waals surface area contributed by atoms with Crippen LogP contribution in [0.15, 0.2) is 42.6 Å². The molecule has 2 rings (SSSR count). The first-order chi connectivity index (χ1) is 9.72. The van der Waals surface area contributed by atoms with E-state index in [1.165, 1.54) is 0 Å². The van der Waals surface area contributed by atoms with E-state index < -0.39 is 0 Å². The first kappa shape index (κ1) is 14.2. The van der Waals surface area contributed by atoms with E-state index >= 15 is 0 Å². The second-order valence-corrected chi connectivity index (χ2v) is 4.59. The van der Waals surface area contributed by atoms with Gasteiger partial charge in [-0.05, 0) is 24.3 Å². The summed E-state index contributed by atoms with van der Waals surface area (Å²) in [5, 5.41) is 9.63. The molecule has 0 saturated carbocycles. The number of nitriles is 1. The van der Waals surface area contributed by atoms with Gasteiger partial charge in [0.25, 0.3) is 0 Å². The number of hydrogen-bond donors (Lipinski definition) is 0. The van der Waals surface area contributed by atoms with Crippen LogP contribution in [0.5, 0.6) is 5.75 Å². The van der Waals surface area contributed by atoms with Crippen molar-refractivity contribution in [3.8, 4) is 11.8 Å². The maximum absolute atomic E-state index is 9.04. The summed E-state index contributed by atoms with van der Waals surface area (Å²) in [6, 6.07) is 13.0. The molecule has 20 heavy (non-hydrogen) atoms. The lowest BCUT2D eigenvalue weighted by Gasteiger charge is -2.19. The van der Waals surface area contributed by atoms with Crippen LogP contribution in [0.2, 0.25) is 5.02 Å². The SMILES string of the molecule is CN(CCOc1ccccc1Cl)c1ncccc1C#N. The molecule has 1 aromatic carbocycles. The van der Waals surface area contributed by atoms with Crippen LogP contribution in [0, 0.1) is 11.3 Å². The van der Waals surface area contributed by atoms with Crippen LogP contribution in [-0.4, -0.2) is 25.2 Å². The Hall–Kier alpha value is -2.25. The molecule has 0 fully saturated rings. The largest absolute Gasteiger partial charge is 0.490 e. The number of halogens is 1. The third-order valence-corrected chi connectivity index (χ3v) is 3.10. The minimum absolute atomic E-state index is 0.460. The van der Waals surface area contributed by atoms with E-state index in [-0.39, 0.29) is 0 Å². The number of rotatable bonds is 5. The molecule has 0 atom stereocenters. The summed E-state index contributed by atoms with van der Waals surface area (Å²) in [5.41, 5.74) is 0.549. The van der Waals surface area contributed by atoms with Crippen LogP contribution in [0.4, 0.5) is 5.82 Å². The standard InChI is InChI=1S/C15H14ClN3O/c1-19(15-12(11-17)5-4-8-18-15)9-10-20-14-7-3-2-6-13(14)16/h2-8H,9-10H2,1H3. The first-order valence-corrected chi connectivity index (χ1v) is 6.53. The van der Waals surface area contributed by atoms with Gasteiger partial charge in [0.15, 0.2) is 0 Å². The molecular formula is C15H14ClN3O. The van der Waals surface area contributed by atoms with Gasteiger partial charge in [0.1, 0.15) is 24.2 Å². The molecule has 102 valence electrons. The minimum atomic E-state index is 0.460. The summed E-state index contributed by atoms with van der Waals surface area (Å²) in [6.45, 7) is 1.07. The zero-order valence-corrected chi connectivity index (χ0v) is 11.8. The Kier molecular flexibility index (Phi) is 4.80. The molecule has 1 aromatic heterocycles. The third kappa shape index (κ3) is 3.40. The van der Waals surface area contributed by atoms with Crippen molar-refractivity contribution in [2.75, 3.05) is 25.1 Å². The summed E-state index contributed by atoms with van der Waals surface area (Å²) < 4.78 is 5.62. The van der Waals surface area contributed by atoms with Crippen molar-refractivity contribution in [3.63, 3.8) is 0 Å². The quantitative estimate of drug-likeness (QED) is 0.848. The summed E-state index contributed by atoms with van der Waals surface area (Å²) in [6.07, 6.45) is 1.67. The Balaban J connectivity index is 1.95. The number of likely N-dealkylation sites (N-methyl/N-ethyl adjacent to an activating group) is 1. The summed E-state index contributed by atoms with van der Waals surface area (Å²) in [5.74, 6) is 1.31. The first-order valence-electron chi connectivity index (χ1n) is 6.16. The Morgan fingerprint density at radius 3 is 2.85 bits per heavy atom. The zero-order chi connectivity index (χ0) is 14.4. The monoisotopic (exact) mass is 287 g/mol. The highest BCUT2D eigenvalue weighted by atomic mass is 35.5. The van der Waals surface area contributed by atoms with Gasteiger partial charge in [-0.3, -0.25) is 0 Å². The number of hydrogen-bond acceptors (Lipinski definition) is 4. The molecule has 5 heteroatoms. The number of aromatic nitrogens is 1. The van der Waals surface area contributed by atoms with Gasteiger partial charge in [-0.2, -0.15) is 5.26 Å². The minimum Gasteiger partial charge on any atom is -0.490 e. The number of pyridine rings is 1. The van der Waals surface area contributed by atoms with Crippen molar-refractivity contribution >= 4 is 17.4 Å². The maximum atomic E-state index is 9.04. The molecule has 4 nitrogen and oxygen atoms in total. The fourth-order valence-electron chi connectivity index (χ4n) is 1.75. The van der Waals surface area contributed by atoms with Gasteiger partial charge in [-0.15, -0.1) is 0 Å². The Morgan fingerprint density at radius 2 is 2.10 bits per heavy atom. The van der Waals surface area contributed by atoms with E-state index in [1.807, 2.05) is 30.1 Å². The van der Waals surface area contributed by atoms with Gasteiger partial charge >= 0.3 is 0 Å². The molecule has 0 radical (unpaired) electrons. The summed E-state index contributed by atoms with van der Waals surface area (Å²) >= 11 is 6.01. The molecule has 2 aromatic rings. The Labute approximate surface area is 123 Å². The van der Waals surface area contributed by atoms with Crippen molar-refractivity contribution in [2.24, 2.45) is 0 Å². The molecule has 0 saturated heterocycles. The second-order valence-electron chi connectivity index (χ2n) is 4.19. The van der Waals surface area contributed by atoms with E-state index in [2.05, 4.69) is 11.1 Å². The van der Waals surface area contributed by atoms with E-state index in [0.717, 1.165) is 0 Å². The van der Waals surface area contributed by atoms with Crippen LogP contribution in [0.25, 0.3) is 0 Å². The molecule has 0 aliphatic carbocycles. The lowest BCUT2D eigenvalue weighted by Crippen LogP contribution is -2.25. The third-order valence-electron chi connectivity index (χ3n) is 2.79. The van der Waals surface area contributed by atoms with Gasteiger partial charge in [0.05, 0.1) is 17.1 Å². The second kappa shape index (κ2) is 6.78. The Bertz CT molecular complexity index is 625. The van der Waals surface area contributed by atoms with Crippen molar-refractivity contribution in [1.29, 1.82) is 5.26 Å². The van der Waals surface area contributed by atoms with Crippen molar-refractivity contribution in [1.82, 2.24) is 4.98 Å². The maximum Gasteiger partial charge on any atom is 0.146 e. The highest BCUT2D eigenvalue weighted by Gasteiger charge is 2.08. The van der Waals surface area contributed by atoms with Crippen molar-refractivity contribution < 1.29 is 4.74 Å². The molecule has 1 heterocycles. The van der Waals surface area contributed by atoms with Crippen LogP contribution in [-0.2, 0) is 0 Å². The number of para-hydroxylation sites is 1. The van der Waals surface area contributed by atoms with E-state index in [4.69, 9.17) is 21.6 Å². The molecule has 0 amide bonds. The lowest BCUT2D eigenvalue weighted by atomic mass is 10.2. The van der Waals surface area contributed by atoms with Crippen LogP contribution in [0.1, 0.15) is 5.56 Å². The van der Waals surface area contributed by atoms with Crippen LogP contribution >= 0.6 is 11.6 Å². The van der Waals surface area contributed by atoms with Gasteiger partial charge in [0, 0.05) is 13.2 Å². The predicted molar refractivity (Wildman–Crippen MR) is 79.2 cm³/mol. The lowest BCUT2D eigenvalue weighted by molar-refractivity contribution is 0.326. The van der Waals surface area contributed by atoms with Gasteiger partial charge in [0.2, 0.25) is 0 Å². The molecule has 0 unspecified atom stereocenters. The number of ether oxygens (including phenoxy) is 1. The molecule has 0 aliphatic rings. The highest BCUT2D eigenvalue weighted by molar-refractivity contribution is 6.32. The smallest absolute Gasteiger partial charge is 0.146 e. The van der Waals surface area contributed by atoms with Crippen molar-refractivity contribution in [3.05, 3.63) is 53.2 Å². The fraction of sp³-hybridized carbons (Fsp3) is 0.200. The fourth-order valence-corrected chi connectivity index (χ4v) is 1.94. The molecular weight excluding hydrogens is 274 g/mol. The predicted octanol–water partition coefficient (Wildman–Crippen LogP) is 3.12. The van der Waals surface area contributed by atoms with Crippen molar-refractivity contribution in [2.45, 2.75) is 0 Å². The molecule has 0 N–H and O–H groups in total. The number of anilines is 1.